The van der Waals surface area contributed by atoms with E-state index in [1.807, 2.05) is 0 Å². The van der Waals surface area contributed by atoms with E-state index in [2.05, 4.69) is 9.71 Å². The number of aryl methyl sites for hydroxylation is 1. The average Bonchev–Trinajstić information content (AvgIpc) is 2.46. The van der Waals surface area contributed by atoms with Crippen LogP contribution in [0.2, 0.25) is 0 Å². The van der Waals surface area contributed by atoms with Crippen molar-refractivity contribution in [3.8, 4) is 5.75 Å². The van der Waals surface area contributed by atoms with E-state index in [0.29, 0.717) is 17.0 Å². The van der Waals surface area contributed by atoms with E-state index in [-0.39, 0.29) is 17.3 Å². The molecule has 0 saturated heterocycles. The molecule has 0 amide bonds. The number of aliphatic hydroxyl groups excluding tert-OH is 1. The van der Waals surface area contributed by atoms with Crippen LogP contribution >= 0.6 is 0 Å². The molecule has 0 aliphatic rings. The van der Waals surface area contributed by atoms with Crippen molar-refractivity contribution in [2.24, 2.45) is 0 Å². The summed E-state index contributed by atoms with van der Waals surface area (Å²) < 4.78 is 32.1. The maximum absolute atomic E-state index is 12.3. The summed E-state index contributed by atoms with van der Waals surface area (Å²) in [5.41, 5.74) is 1.11. The number of hydrogen-bond acceptors (Lipinski definition) is 5. The van der Waals surface area contributed by atoms with Gasteiger partial charge in [-0.1, -0.05) is 6.07 Å². The standard InChI is InChI=1S/C14H16N2O4S/c1-10-4-3-5-14(15-10)16-21(18,19)12-6-7-13(20-2)11(8-12)9-17/h3-8,17H,9H2,1-2H3,(H,15,16). The molecule has 21 heavy (non-hydrogen) atoms. The number of ether oxygens (including phenoxy) is 1. The summed E-state index contributed by atoms with van der Waals surface area (Å²) in [6.45, 7) is 1.46. The minimum absolute atomic E-state index is 0.0376. The van der Waals surface area contributed by atoms with Crippen molar-refractivity contribution in [2.75, 3.05) is 11.8 Å². The van der Waals surface area contributed by atoms with Crippen molar-refractivity contribution < 1.29 is 18.3 Å². The predicted octanol–water partition coefficient (Wildman–Crippen LogP) is 1.69. The molecule has 1 aromatic heterocycles. The molecule has 112 valence electrons. The molecule has 0 unspecified atom stereocenters. The van der Waals surface area contributed by atoms with Crippen LogP contribution in [0.25, 0.3) is 0 Å². The second-order valence-corrected chi connectivity index (χ2v) is 6.08. The summed E-state index contributed by atoms with van der Waals surface area (Å²) in [5, 5.41) is 9.26. The molecule has 0 aliphatic heterocycles. The molecular formula is C14H16N2O4S. The van der Waals surface area contributed by atoms with Gasteiger partial charge in [0.2, 0.25) is 0 Å². The number of aromatic nitrogens is 1. The molecule has 2 aromatic rings. The number of benzene rings is 1. The Kier molecular flexibility index (Phi) is 4.44. The summed E-state index contributed by atoms with van der Waals surface area (Å²) in [4.78, 5) is 4.13. The number of aliphatic hydroxyl groups is 1. The monoisotopic (exact) mass is 308 g/mol. The molecule has 0 spiro atoms. The van der Waals surface area contributed by atoms with Gasteiger partial charge in [0, 0.05) is 11.3 Å². The quantitative estimate of drug-likeness (QED) is 0.877. The van der Waals surface area contributed by atoms with Gasteiger partial charge >= 0.3 is 0 Å². The third-order valence-electron chi connectivity index (χ3n) is 2.86. The molecule has 1 heterocycles. The molecular weight excluding hydrogens is 292 g/mol. The fourth-order valence-corrected chi connectivity index (χ4v) is 2.89. The maximum atomic E-state index is 12.3. The Bertz CT molecular complexity index is 744. The van der Waals surface area contributed by atoms with E-state index >= 15 is 0 Å². The Labute approximate surface area is 123 Å². The lowest BCUT2D eigenvalue weighted by molar-refractivity contribution is 0.273. The van der Waals surface area contributed by atoms with Gasteiger partial charge in [-0.2, -0.15) is 0 Å². The van der Waals surface area contributed by atoms with Gasteiger partial charge in [-0.15, -0.1) is 0 Å². The minimum atomic E-state index is -3.77. The molecule has 2 rings (SSSR count). The van der Waals surface area contributed by atoms with E-state index in [1.54, 1.807) is 25.1 Å². The molecule has 2 N–H and O–H groups in total. The van der Waals surface area contributed by atoms with Gasteiger partial charge in [0.25, 0.3) is 10.0 Å². The Morgan fingerprint density at radius 1 is 1.29 bits per heavy atom. The Hall–Kier alpha value is -2.12. The van der Waals surface area contributed by atoms with Crippen molar-refractivity contribution in [3.63, 3.8) is 0 Å². The van der Waals surface area contributed by atoms with Crippen molar-refractivity contribution in [3.05, 3.63) is 47.7 Å². The minimum Gasteiger partial charge on any atom is -0.496 e. The number of sulfonamides is 1. The van der Waals surface area contributed by atoms with Crippen LogP contribution in [0.4, 0.5) is 5.82 Å². The van der Waals surface area contributed by atoms with Crippen LogP contribution in [0.1, 0.15) is 11.3 Å². The fourth-order valence-electron chi connectivity index (χ4n) is 1.84. The molecule has 0 atom stereocenters. The number of methoxy groups -OCH3 is 1. The first-order valence-electron chi connectivity index (χ1n) is 6.20. The third-order valence-corrected chi connectivity index (χ3v) is 4.21. The second kappa shape index (κ2) is 6.11. The SMILES string of the molecule is COc1ccc(S(=O)(=O)Nc2cccc(C)n2)cc1CO. The summed E-state index contributed by atoms with van der Waals surface area (Å²) in [7, 11) is -2.31. The number of nitrogens with zero attached hydrogens (tertiary/aromatic N) is 1. The Balaban J connectivity index is 2.35. The smallest absolute Gasteiger partial charge is 0.263 e. The van der Waals surface area contributed by atoms with E-state index in [4.69, 9.17) is 4.74 Å². The highest BCUT2D eigenvalue weighted by Crippen LogP contribution is 2.23. The van der Waals surface area contributed by atoms with Gasteiger partial charge in [-0.25, -0.2) is 13.4 Å². The number of nitrogens with one attached hydrogen (secondary N) is 1. The lowest BCUT2D eigenvalue weighted by atomic mass is 10.2. The molecule has 0 radical (unpaired) electrons. The number of anilines is 1. The number of pyridine rings is 1. The molecule has 0 saturated carbocycles. The first-order valence-corrected chi connectivity index (χ1v) is 7.69. The third kappa shape index (κ3) is 3.50. The zero-order chi connectivity index (χ0) is 15.5. The topological polar surface area (TPSA) is 88.5 Å². The van der Waals surface area contributed by atoms with Crippen LogP contribution in [-0.2, 0) is 16.6 Å². The van der Waals surface area contributed by atoms with Crippen LogP contribution in [0.3, 0.4) is 0 Å². The van der Waals surface area contributed by atoms with Crippen LogP contribution < -0.4 is 9.46 Å². The number of hydrogen-bond donors (Lipinski definition) is 2. The fraction of sp³-hybridized carbons (Fsp3) is 0.214. The molecule has 0 aliphatic carbocycles. The van der Waals surface area contributed by atoms with Gasteiger partial charge < -0.3 is 9.84 Å². The average molecular weight is 308 g/mol. The Morgan fingerprint density at radius 3 is 2.67 bits per heavy atom. The summed E-state index contributed by atoms with van der Waals surface area (Å²) in [6, 6.07) is 9.35. The largest absolute Gasteiger partial charge is 0.496 e. The van der Waals surface area contributed by atoms with Gasteiger partial charge in [0.1, 0.15) is 11.6 Å². The molecule has 0 fully saturated rings. The molecule has 6 nitrogen and oxygen atoms in total. The van der Waals surface area contributed by atoms with Gasteiger partial charge in [0.15, 0.2) is 0 Å². The number of rotatable bonds is 5. The molecule has 1 aromatic carbocycles. The van der Waals surface area contributed by atoms with E-state index in [0.717, 1.165) is 0 Å². The first kappa shape index (κ1) is 15.3. The van der Waals surface area contributed by atoms with E-state index in [9.17, 15) is 13.5 Å². The van der Waals surface area contributed by atoms with Crippen LogP contribution in [-0.4, -0.2) is 25.6 Å². The van der Waals surface area contributed by atoms with Crippen molar-refractivity contribution in [1.82, 2.24) is 4.98 Å². The second-order valence-electron chi connectivity index (χ2n) is 4.40. The van der Waals surface area contributed by atoms with Crippen LogP contribution in [0.15, 0.2) is 41.3 Å². The first-order chi connectivity index (χ1) is 9.96. The predicted molar refractivity (Wildman–Crippen MR) is 78.7 cm³/mol. The molecule has 7 heteroatoms. The summed E-state index contributed by atoms with van der Waals surface area (Å²) in [6.07, 6.45) is 0. The van der Waals surface area contributed by atoms with Crippen molar-refractivity contribution >= 4 is 15.8 Å². The lowest BCUT2D eigenvalue weighted by Crippen LogP contribution is -2.14. The van der Waals surface area contributed by atoms with Gasteiger partial charge in [-0.3, -0.25) is 4.72 Å². The van der Waals surface area contributed by atoms with Crippen molar-refractivity contribution in [1.29, 1.82) is 0 Å². The highest BCUT2D eigenvalue weighted by Gasteiger charge is 2.17. The van der Waals surface area contributed by atoms with Gasteiger partial charge in [-0.05, 0) is 37.3 Å². The van der Waals surface area contributed by atoms with Crippen LogP contribution in [0, 0.1) is 6.92 Å². The van der Waals surface area contributed by atoms with Gasteiger partial charge in [0.05, 0.1) is 18.6 Å². The summed E-state index contributed by atoms with van der Waals surface area (Å²) in [5.74, 6) is 0.682. The zero-order valence-electron chi connectivity index (χ0n) is 11.7. The van der Waals surface area contributed by atoms with Crippen LogP contribution in [0.5, 0.6) is 5.75 Å². The maximum Gasteiger partial charge on any atom is 0.263 e. The highest BCUT2D eigenvalue weighted by molar-refractivity contribution is 7.92. The lowest BCUT2D eigenvalue weighted by Gasteiger charge is -2.11. The van der Waals surface area contributed by atoms with E-state index in [1.165, 1.54) is 25.3 Å². The highest BCUT2D eigenvalue weighted by atomic mass is 32.2. The molecule has 0 bridgehead atoms. The normalized spacial score (nSPS) is 11.2. The Morgan fingerprint density at radius 2 is 2.05 bits per heavy atom. The zero-order valence-corrected chi connectivity index (χ0v) is 12.5. The summed E-state index contributed by atoms with van der Waals surface area (Å²) >= 11 is 0. The van der Waals surface area contributed by atoms with Crippen molar-refractivity contribution in [2.45, 2.75) is 18.4 Å². The van der Waals surface area contributed by atoms with E-state index < -0.39 is 10.0 Å².